The van der Waals surface area contributed by atoms with Gasteiger partial charge in [-0.15, -0.1) is 0 Å². The Balaban J connectivity index is 3.12. The molecule has 3 nitrogen and oxygen atoms in total. The molecule has 0 aliphatic carbocycles. The maximum absolute atomic E-state index is 12.4. The van der Waals surface area contributed by atoms with E-state index in [2.05, 4.69) is 6.58 Å². The number of hydrogen-bond donors (Lipinski definition) is 1. The Labute approximate surface area is 131 Å². The van der Waals surface area contributed by atoms with Gasteiger partial charge in [-0.2, -0.15) is 0 Å². The number of allylic oxidation sites excluding steroid dienone is 5. The average molecular weight is 298 g/mol. The normalized spacial score (nSPS) is 12.2. The Morgan fingerprint density at radius 3 is 2.41 bits per heavy atom. The van der Waals surface area contributed by atoms with Crippen molar-refractivity contribution in [2.45, 2.75) is 34.1 Å². The molecule has 0 aliphatic rings. The van der Waals surface area contributed by atoms with Gasteiger partial charge in [-0.05, 0) is 50.5 Å². The number of phenols is 1. The third-order valence-electron chi connectivity index (χ3n) is 3.42. The molecule has 0 unspecified atom stereocenters. The van der Waals surface area contributed by atoms with Gasteiger partial charge in [0.2, 0.25) is 0 Å². The number of carbonyl (C=O) groups excluding carboxylic acids is 2. The van der Waals surface area contributed by atoms with E-state index < -0.39 is 0 Å². The van der Waals surface area contributed by atoms with Gasteiger partial charge in [-0.3, -0.25) is 9.59 Å². The van der Waals surface area contributed by atoms with Crippen LogP contribution in [0.3, 0.4) is 0 Å². The Bertz CT molecular complexity index is 653. The summed E-state index contributed by atoms with van der Waals surface area (Å²) in [5.74, 6) is -0.731. The minimum absolute atomic E-state index is 0.0766. The lowest BCUT2D eigenvalue weighted by Gasteiger charge is -2.09. The van der Waals surface area contributed by atoms with E-state index in [1.807, 2.05) is 13.0 Å². The zero-order chi connectivity index (χ0) is 16.9. The Morgan fingerprint density at radius 2 is 1.91 bits per heavy atom. The van der Waals surface area contributed by atoms with Crippen LogP contribution < -0.4 is 0 Å². The van der Waals surface area contributed by atoms with E-state index in [9.17, 15) is 14.7 Å². The van der Waals surface area contributed by atoms with Gasteiger partial charge in [0.1, 0.15) is 5.75 Å². The van der Waals surface area contributed by atoms with Crippen LogP contribution in [0, 0.1) is 13.8 Å². The highest BCUT2D eigenvalue weighted by Crippen LogP contribution is 2.25. The number of Topliss-reactive ketones (excluding diaryl/α,β-unsaturated/α-hetero) is 2. The second-order valence-corrected chi connectivity index (χ2v) is 5.30. The first-order chi connectivity index (χ1) is 10.3. The third kappa shape index (κ3) is 4.04. The number of hydrogen-bond acceptors (Lipinski definition) is 3. The van der Waals surface area contributed by atoms with Crippen molar-refractivity contribution in [3.8, 4) is 5.75 Å². The van der Waals surface area contributed by atoms with Crippen molar-refractivity contribution in [3.05, 3.63) is 64.8 Å². The second-order valence-electron chi connectivity index (χ2n) is 5.30. The van der Waals surface area contributed by atoms with Crippen molar-refractivity contribution in [2.75, 3.05) is 0 Å². The van der Waals surface area contributed by atoms with Gasteiger partial charge in [0, 0.05) is 5.57 Å². The minimum atomic E-state index is -0.376. The van der Waals surface area contributed by atoms with Crippen molar-refractivity contribution >= 4 is 11.6 Å². The highest BCUT2D eigenvalue weighted by Gasteiger charge is 2.20. The van der Waals surface area contributed by atoms with Crippen LogP contribution in [0.5, 0.6) is 5.75 Å². The van der Waals surface area contributed by atoms with Crippen LogP contribution in [0.4, 0.5) is 0 Å². The molecule has 1 N–H and O–H groups in total. The predicted octanol–water partition coefficient (Wildman–Crippen LogP) is 4.23. The first-order valence-electron chi connectivity index (χ1n) is 7.14. The molecule has 116 valence electrons. The molecule has 0 bridgehead atoms. The van der Waals surface area contributed by atoms with E-state index in [-0.39, 0.29) is 29.3 Å². The van der Waals surface area contributed by atoms with Crippen LogP contribution in [0.2, 0.25) is 0 Å². The molecule has 0 saturated carbocycles. The van der Waals surface area contributed by atoms with Gasteiger partial charge < -0.3 is 5.11 Å². The Morgan fingerprint density at radius 1 is 1.27 bits per heavy atom. The molecule has 0 radical (unpaired) electrons. The largest absolute Gasteiger partial charge is 0.507 e. The van der Waals surface area contributed by atoms with Crippen molar-refractivity contribution in [1.82, 2.24) is 0 Å². The summed E-state index contributed by atoms with van der Waals surface area (Å²) in [6.45, 7) is 10.8. The van der Waals surface area contributed by atoms with Gasteiger partial charge >= 0.3 is 0 Å². The molecular formula is C19H22O3. The van der Waals surface area contributed by atoms with Gasteiger partial charge in [0.05, 0.1) is 12.0 Å². The van der Waals surface area contributed by atoms with Crippen molar-refractivity contribution in [1.29, 1.82) is 0 Å². The summed E-state index contributed by atoms with van der Waals surface area (Å²) in [4.78, 5) is 24.7. The summed E-state index contributed by atoms with van der Waals surface area (Å²) in [6.07, 6.45) is 4.74. The van der Waals surface area contributed by atoms with Crippen LogP contribution in [-0.4, -0.2) is 16.7 Å². The monoisotopic (exact) mass is 298 g/mol. The molecule has 0 saturated heterocycles. The SMILES string of the molecule is C=C/C(C)=C(\C=C/C)C(=O)CC(=O)c1c(C)cc(C)cc1O. The number of aromatic hydroxyl groups is 1. The molecule has 0 fully saturated rings. The van der Waals surface area contributed by atoms with E-state index >= 15 is 0 Å². The van der Waals surface area contributed by atoms with Gasteiger partial charge in [-0.25, -0.2) is 0 Å². The lowest BCUT2D eigenvalue weighted by molar-refractivity contribution is -0.114. The van der Waals surface area contributed by atoms with Crippen LogP contribution in [0.1, 0.15) is 41.8 Å². The van der Waals surface area contributed by atoms with E-state index in [0.29, 0.717) is 11.1 Å². The van der Waals surface area contributed by atoms with E-state index in [1.54, 1.807) is 39.0 Å². The topological polar surface area (TPSA) is 54.4 Å². The van der Waals surface area contributed by atoms with Gasteiger partial charge in [0.25, 0.3) is 0 Å². The highest BCUT2D eigenvalue weighted by molar-refractivity contribution is 6.15. The number of carbonyl (C=O) groups is 2. The summed E-state index contributed by atoms with van der Waals surface area (Å²) in [7, 11) is 0. The van der Waals surface area contributed by atoms with Crippen LogP contribution in [-0.2, 0) is 4.79 Å². The summed E-state index contributed by atoms with van der Waals surface area (Å²) < 4.78 is 0. The molecule has 22 heavy (non-hydrogen) atoms. The molecular weight excluding hydrogens is 276 g/mol. The van der Waals surface area contributed by atoms with Crippen molar-refractivity contribution < 1.29 is 14.7 Å². The van der Waals surface area contributed by atoms with Crippen LogP contribution in [0.25, 0.3) is 0 Å². The van der Waals surface area contributed by atoms with Gasteiger partial charge in [0.15, 0.2) is 11.6 Å². The zero-order valence-corrected chi connectivity index (χ0v) is 13.6. The quantitative estimate of drug-likeness (QED) is 0.370. The Hall–Kier alpha value is -2.42. The molecule has 1 aromatic rings. The smallest absolute Gasteiger partial charge is 0.174 e. The highest BCUT2D eigenvalue weighted by atomic mass is 16.3. The van der Waals surface area contributed by atoms with Crippen molar-refractivity contribution in [2.24, 2.45) is 0 Å². The fourth-order valence-electron chi connectivity index (χ4n) is 2.36. The number of rotatable bonds is 6. The standard InChI is InChI=1S/C19H22O3/c1-6-8-15(13(4)7-2)16(20)11-18(22)19-14(5)9-12(3)10-17(19)21/h6-10,21H,2,11H2,1,3-5H3/b8-6-,15-13+. The predicted molar refractivity (Wildman–Crippen MR) is 89.2 cm³/mol. The number of ketones is 2. The lowest BCUT2D eigenvalue weighted by atomic mass is 9.94. The second kappa shape index (κ2) is 7.55. The zero-order valence-electron chi connectivity index (χ0n) is 13.6. The number of phenolic OH excluding ortho intramolecular Hbond substituents is 1. The van der Waals surface area contributed by atoms with E-state index in [0.717, 1.165) is 11.1 Å². The fraction of sp³-hybridized carbons (Fsp3) is 0.263. The molecule has 0 aliphatic heterocycles. The molecule has 0 heterocycles. The molecule has 0 atom stereocenters. The molecule has 0 aromatic heterocycles. The minimum Gasteiger partial charge on any atom is -0.507 e. The first kappa shape index (κ1) is 17.6. The molecule has 3 heteroatoms. The molecule has 1 aromatic carbocycles. The third-order valence-corrected chi connectivity index (χ3v) is 3.42. The first-order valence-corrected chi connectivity index (χ1v) is 7.14. The van der Waals surface area contributed by atoms with E-state index in [1.165, 1.54) is 6.07 Å². The fourth-order valence-corrected chi connectivity index (χ4v) is 2.36. The summed E-state index contributed by atoms with van der Waals surface area (Å²) in [6, 6.07) is 3.34. The number of benzene rings is 1. The maximum atomic E-state index is 12.4. The average Bonchev–Trinajstić information content (AvgIpc) is 2.42. The maximum Gasteiger partial charge on any atom is 0.174 e. The van der Waals surface area contributed by atoms with Crippen LogP contribution in [0.15, 0.2) is 48.1 Å². The molecule has 1 rings (SSSR count). The molecule has 0 amide bonds. The number of aryl methyl sites for hydroxylation is 2. The lowest BCUT2D eigenvalue weighted by Crippen LogP contribution is -2.12. The molecule has 0 spiro atoms. The summed E-state index contributed by atoms with van der Waals surface area (Å²) in [5, 5.41) is 9.98. The van der Waals surface area contributed by atoms with Crippen LogP contribution >= 0.6 is 0 Å². The summed E-state index contributed by atoms with van der Waals surface area (Å²) in [5.41, 5.74) is 2.95. The van der Waals surface area contributed by atoms with E-state index in [4.69, 9.17) is 0 Å². The Kier molecular flexibility index (Phi) is 6.05. The summed E-state index contributed by atoms with van der Waals surface area (Å²) >= 11 is 0. The van der Waals surface area contributed by atoms with Gasteiger partial charge in [-0.1, -0.05) is 30.9 Å². The van der Waals surface area contributed by atoms with Crippen molar-refractivity contribution in [3.63, 3.8) is 0 Å².